The molecule has 0 aliphatic heterocycles. The third-order valence-corrected chi connectivity index (χ3v) is 4.89. The Bertz CT molecular complexity index is 156. The summed E-state index contributed by atoms with van der Waals surface area (Å²) < 4.78 is 0. The summed E-state index contributed by atoms with van der Waals surface area (Å²) in [6, 6.07) is 0. The van der Waals surface area contributed by atoms with Gasteiger partial charge >= 0.3 is 0 Å². The first-order valence-corrected chi connectivity index (χ1v) is 9.86. The van der Waals surface area contributed by atoms with Gasteiger partial charge < -0.3 is 0 Å². The van der Waals surface area contributed by atoms with E-state index in [9.17, 15) is 0 Å². The van der Waals surface area contributed by atoms with E-state index in [2.05, 4.69) is 29.8 Å². The van der Waals surface area contributed by atoms with Gasteiger partial charge in [-0.1, -0.05) is 113 Å². The molecule has 0 saturated heterocycles. The second-order valence-corrected chi connectivity index (χ2v) is 7.36. The van der Waals surface area contributed by atoms with Gasteiger partial charge in [0.2, 0.25) is 0 Å². The summed E-state index contributed by atoms with van der Waals surface area (Å²) in [5.41, 5.74) is 0. The number of hydrogen-bond donors (Lipinski definition) is 0. The van der Waals surface area contributed by atoms with E-state index in [0.29, 0.717) is 0 Å². The maximum atomic E-state index is 3.77. The molecule has 1 heteroatoms. The van der Waals surface area contributed by atoms with Crippen molar-refractivity contribution in [2.75, 3.05) is 0 Å². The fourth-order valence-corrected chi connectivity index (χ4v) is 3.45. The zero-order valence-electron chi connectivity index (χ0n) is 13.6. The van der Waals surface area contributed by atoms with Crippen LogP contribution < -0.4 is 0 Å². The smallest absolute Gasteiger partial charge is 0.0145 e. The molecule has 0 aliphatic carbocycles. The predicted octanol–water partition coefficient (Wildman–Crippen LogP) is 7.64. The van der Waals surface area contributed by atoms with Crippen molar-refractivity contribution in [2.24, 2.45) is 0 Å². The monoisotopic (exact) mass is 332 g/mol. The lowest BCUT2D eigenvalue weighted by atomic mass is 10.0. The Kier molecular flexibility index (Phi) is 17.0. The minimum atomic E-state index is 0.778. The molecule has 0 nitrogen and oxygen atoms in total. The standard InChI is InChI=1S/C18H37Br/c1-3-5-6-7-8-9-10-11-12-13-14-15-17-18(19)16-4-2/h18H,3-17H2,1-2H3. The maximum Gasteiger partial charge on any atom is 0.0145 e. The molecule has 0 radical (unpaired) electrons. The molecule has 0 saturated carbocycles. The Morgan fingerprint density at radius 3 is 1.37 bits per heavy atom. The van der Waals surface area contributed by atoms with Crippen LogP contribution >= 0.6 is 15.9 Å². The van der Waals surface area contributed by atoms with Crippen LogP contribution in [0, 0.1) is 0 Å². The van der Waals surface area contributed by atoms with Crippen molar-refractivity contribution in [1.82, 2.24) is 0 Å². The van der Waals surface area contributed by atoms with Crippen LogP contribution in [0.5, 0.6) is 0 Å². The molecule has 0 spiro atoms. The molecule has 1 unspecified atom stereocenters. The van der Waals surface area contributed by atoms with Crippen molar-refractivity contribution in [3.63, 3.8) is 0 Å². The first-order chi connectivity index (χ1) is 9.31. The lowest BCUT2D eigenvalue weighted by Crippen LogP contribution is -1.96. The molecule has 1 atom stereocenters. The maximum absolute atomic E-state index is 3.77. The van der Waals surface area contributed by atoms with Crippen LogP contribution in [0.3, 0.4) is 0 Å². The summed E-state index contributed by atoms with van der Waals surface area (Å²) in [6.07, 6.45) is 21.5. The fraction of sp³-hybridized carbons (Fsp3) is 1.00. The van der Waals surface area contributed by atoms with Crippen LogP contribution in [0.2, 0.25) is 0 Å². The minimum Gasteiger partial charge on any atom is -0.0891 e. The van der Waals surface area contributed by atoms with Gasteiger partial charge in [-0.25, -0.2) is 0 Å². The van der Waals surface area contributed by atoms with Gasteiger partial charge in [-0.15, -0.1) is 0 Å². The molecule has 0 bridgehead atoms. The minimum absolute atomic E-state index is 0.778. The molecule has 0 fully saturated rings. The molecule has 0 heterocycles. The molecule has 0 aromatic heterocycles. The second kappa shape index (κ2) is 16.5. The largest absolute Gasteiger partial charge is 0.0891 e. The Hall–Kier alpha value is 0.480. The van der Waals surface area contributed by atoms with Crippen molar-refractivity contribution in [3.05, 3.63) is 0 Å². The van der Waals surface area contributed by atoms with Gasteiger partial charge in [0.1, 0.15) is 0 Å². The van der Waals surface area contributed by atoms with Gasteiger partial charge in [0.25, 0.3) is 0 Å². The number of unbranched alkanes of at least 4 members (excludes halogenated alkanes) is 11. The molecular weight excluding hydrogens is 296 g/mol. The van der Waals surface area contributed by atoms with E-state index >= 15 is 0 Å². The van der Waals surface area contributed by atoms with Gasteiger partial charge in [0, 0.05) is 4.83 Å². The summed E-state index contributed by atoms with van der Waals surface area (Å²) in [4.78, 5) is 0.778. The van der Waals surface area contributed by atoms with Crippen LogP contribution in [-0.2, 0) is 0 Å². The first kappa shape index (κ1) is 19.5. The summed E-state index contributed by atoms with van der Waals surface area (Å²) in [7, 11) is 0. The van der Waals surface area contributed by atoms with Crippen LogP contribution in [0.15, 0.2) is 0 Å². The van der Waals surface area contributed by atoms with Crippen molar-refractivity contribution in [2.45, 2.75) is 115 Å². The van der Waals surface area contributed by atoms with Crippen LogP contribution in [0.25, 0.3) is 0 Å². The average Bonchev–Trinajstić information content (AvgIpc) is 2.40. The second-order valence-electron chi connectivity index (χ2n) is 6.06. The summed E-state index contributed by atoms with van der Waals surface area (Å²) in [5, 5.41) is 0. The van der Waals surface area contributed by atoms with Crippen molar-refractivity contribution >= 4 is 15.9 Å². The quantitative estimate of drug-likeness (QED) is 0.213. The highest BCUT2D eigenvalue weighted by molar-refractivity contribution is 9.09. The highest BCUT2D eigenvalue weighted by atomic mass is 79.9. The van der Waals surface area contributed by atoms with Crippen LogP contribution in [0.4, 0.5) is 0 Å². The van der Waals surface area contributed by atoms with E-state index in [1.807, 2.05) is 0 Å². The van der Waals surface area contributed by atoms with E-state index in [-0.39, 0.29) is 0 Å². The molecule has 116 valence electrons. The third-order valence-electron chi connectivity index (χ3n) is 3.97. The van der Waals surface area contributed by atoms with Crippen molar-refractivity contribution in [3.8, 4) is 0 Å². The molecule has 0 aromatic rings. The van der Waals surface area contributed by atoms with Gasteiger partial charge in [0.05, 0.1) is 0 Å². The van der Waals surface area contributed by atoms with Gasteiger partial charge in [-0.2, -0.15) is 0 Å². The van der Waals surface area contributed by atoms with E-state index in [4.69, 9.17) is 0 Å². The van der Waals surface area contributed by atoms with E-state index < -0.39 is 0 Å². The highest BCUT2D eigenvalue weighted by Crippen LogP contribution is 2.17. The SMILES string of the molecule is CCCCCCCCCCCCCCC(Br)CCC. The zero-order chi connectivity index (χ0) is 14.2. The zero-order valence-corrected chi connectivity index (χ0v) is 15.1. The molecule has 0 N–H and O–H groups in total. The Morgan fingerprint density at radius 1 is 0.526 bits per heavy atom. The van der Waals surface area contributed by atoms with Gasteiger partial charge in [-0.3, -0.25) is 0 Å². The fourth-order valence-electron chi connectivity index (χ4n) is 2.66. The Labute approximate surface area is 131 Å². The first-order valence-electron chi connectivity index (χ1n) is 8.95. The number of hydrogen-bond acceptors (Lipinski definition) is 0. The van der Waals surface area contributed by atoms with E-state index in [0.717, 1.165) is 4.83 Å². The number of halogens is 1. The topological polar surface area (TPSA) is 0 Å². The molecule has 0 aromatic carbocycles. The highest BCUT2D eigenvalue weighted by Gasteiger charge is 2.01. The van der Waals surface area contributed by atoms with E-state index in [1.165, 1.54) is 96.3 Å². The van der Waals surface area contributed by atoms with Gasteiger partial charge in [-0.05, 0) is 12.8 Å². The molecule has 0 aliphatic rings. The number of alkyl halides is 1. The predicted molar refractivity (Wildman–Crippen MR) is 93.3 cm³/mol. The van der Waals surface area contributed by atoms with Crippen LogP contribution in [0.1, 0.15) is 110 Å². The molecular formula is C18H37Br. The van der Waals surface area contributed by atoms with Crippen molar-refractivity contribution in [1.29, 1.82) is 0 Å². The lowest BCUT2D eigenvalue weighted by Gasteiger charge is -2.07. The molecule has 0 rings (SSSR count). The molecule has 19 heavy (non-hydrogen) atoms. The average molecular weight is 333 g/mol. The Morgan fingerprint density at radius 2 is 0.947 bits per heavy atom. The van der Waals surface area contributed by atoms with Gasteiger partial charge in [0.15, 0.2) is 0 Å². The number of rotatable bonds is 15. The van der Waals surface area contributed by atoms with Crippen LogP contribution in [-0.4, -0.2) is 4.83 Å². The summed E-state index contributed by atoms with van der Waals surface area (Å²) in [5.74, 6) is 0. The Balaban J connectivity index is 2.99. The summed E-state index contributed by atoms with van der Waals surface area (Å²) >= 11 is 3.77. The normalized spacial score (nSPS) is 12.8. The molecule has 0 amide bonds. The van der Waals surface area contributed by atoms with Crippen molar-refractivity contribution < 1.29 is 0 Å². The summed E-state index contributed by atoms with van der Waals surface area (Å²) in [6.45, 7) is 4.57. The third kappa shape index (κ3) is 16.4. The lowest BCUT2D eigenvalue weighted by molar-refractivity contribution is 0.535. The van der Waals surface area contributed by atoms with E-state index in [1.54, 1.807) is 0 Å².